The minimum Gasteiger partial charge on any atom is -0.383 e. The molecule has 4 aliphatic rings. The number of nitrogens with one attached hydrogen (secondary N) is 2. The molecule has 2 fully saturated rings. The van der Waals surface area contributed by atoms with Crippen LogP contribution in [0.1, 0.15) is 89.7 Å². The summed E-state index contributed by atoms with van der Waals surface area (Å²) < 4.78 is 70.1. The van der Waals surface area contributed by atoms with Crippen molar-refractivity contribution in [1.82, 2.24) is 10.6 Å². The summed E-state index contributed by atoms with van der Waals surface area (Å²) in [5.74, 6) is -6.20. The number of ketones is 1. The van der Waals surface area contributed by atoms with E-state index < -0.39 is 35.5 Å². The Labute approximate surface area is 243 Å². The van der Waals surface area contributed by atoms with Crippen molar-refractivity contribution in [2.45, 2.75) is 108 Å². The average molecular weight is 595 g/mol. The van der Waals surface area contributed by atoms with Crippen molar-refractivity contribution < 1.29 is 36.6 Å². The number of halogens is 5. The lowest BCUT2D eigenvalue weighted by Gasteiger charge is -2.53. The highest BCUT2D eigenvalue weighted by Gasteiger charge is 2.78. The number of carbonyl (C=O) groups excluding carboxylic acids is 2. The summed E-state index contributed by atoms with van der Waals surface area (Å²) in [7, 11) is 0. The Hall–Kier alpha value is -2.75. The maximum absolute atomic E-state index is 14.8. The summed E-state index contributed by atoms with van der Waals surface area (Å²) in [4.78, 5) is 24.9. The summed E-state index contributed by atoms with van der Waals surface area (Å²) >= 11 is 0. The standard InChI is InChI=1S/C32H39F5N2O3/c1-28(2,3)39-27(41)38-17-18-5-7-19(8-6-18)24-16-21(40)15-20-9-10-22-23(26(20)24)11-13-29(4)25(22)12-14-30(29,42)31(33,34)32(35,36)37/h5-8,15,22,24-25,42H,9-14,16-17H2,1-4H3,(H2,38,39,41)/t22-,24?,25+,29+,30+/m1/s1. The second-order valence-corrected chi connectivity index (χ2v) is 13.8. The smallest absolute Gasteiger partial charge is 0.383 e. The molecule has 0 saturated heterocycles. The SMILES string of the molecule is CC(C)(C)NC(=O)NCc1ccc(C2CC(=O)C=C3CC[C@@H]4C(=C32)CC[C@@]2(C)[C@H]4CC[C@@]2(O)C(F)(F)C(F)(F)F)cc1. The molecule has 2 saturated carbocycles. The van der Waals surface area contributed by atoms with Gasteiger partial charge in [0.05, 0.1) is 0 Å². The van der Waals surface area contributed by atoms with Crippen LogP contribution < -0.4 is 10.6 Å². The van der Waals surface area contributed by atoms with Crippen LogP contribution in [0.2, 0.25) is 0 Å². The largest absolute Gasteiger partial charge is 0.456 e. The zero-order chi connectivity index (χ0) is 30.9. The summed E-state index contributed by atoms with van der Waals surface area (Å²) in [6, 6.07) is 7.38. The molecule has 4 aliphatic carbocycles. The summed E-state index contributed by atoms with van der Waals surface area (Å²) in [6.07, 6.45) is -3.03. The average Bonchev–Trinajstić information content (AvgIpc) is 3.17. The highest BCUT2D eigenvalue weighted by molar-refractivity contribution is 5.94. The maximum Gasteiger partial charge on any atom is 0.456 e. The molecule has 1 aromatic rings. The van der Waals surface area contributed by atoms with Crippen LogP contribution in [0.3, 0.4) is 0 Å². The van der Waals surface area contributed by atoms with Crippen molar-refractivity contribution in [2.24, 2.45) is 17.3 Å². The van der Waals surface area contributed by atoms with E-state index in [4.69, 9.17) is 0 Å². The van der Waals surface area contributed by atoms with Crippen LogP contribution in [0.5, 0.6) is 0 Å². The van der Waals surface area contributed by atoms with Crippen LogP contribution in [0, 0.1) is 17.3 Å². The first-order valence-electron chi connectivity index (χ1n) is 14.7. The fourth-order valence-corrected chi connectivity index (χ4v) is 8.12. The quantitative estimate of drug-likeness (QED) is 0.325. The predicted molar refractivity (Wildman–Crippen MR) is 148 cm³/mol. The first-order chi connectivity index (χ1) is 19.4. The highest BCUT2D eigenvalue weighted by Crippen LogP contribution is 2.68. The number of rotatable bonds is 4. The minimum atomic E-state index is -5.84. The molecule has 10 heteroatoms. The second kappa shape index (κ2) is 10.2. The van der Waals surface area contributed by atoms with E-state index in [9.17, 15) is 36.6 Å². The van der Waals surface area contributed by atoms with Gasteiger partial charge >= 0.3 is 18.1 Å². The van der Waals surface area contributed by atoms with E-state index in [0.717, 1.165) is 27.8 Å². The fourth-order valence-electron chi connectivity index (χ4n) is 8.12. The molecule has 0 aliphatic heterocycles. The second-order valence-electron chi connectivity index (χ2n) is 13.8. The molecule has 0 spiro atoms. The van der Waals surface area contributed by atoms with Gasteiger partial charge in [-0.2, -0.15) is 22.0 Å². The monoisotopic (exact) mass is 594 g/mol. The molecule has 0 aromatic heterocycles. The van der Waals surface area contributed by atoms with Gasteiger partial charge in [0, 0.05) is 29.8 Å². The topological polar surface area (TPSA) is 78.4 Å². The van der Waals surface area contributed by atoms with Crippen molar-refractivity contribution in [1.29, 1.82) is 0 Å². The molecule has 5 atom stereocenters. The number of amides is 2. The Kier molecular flexibility index (Phi) is 7.43. The number of alkyl halides is 5. The molecule has 1 unspecified atom stereocenters. The van der Waals surface area contributed by atoms with Crippen LogP contribution in [-0.2, 0) is 11.3 Å². The van der Waals surface area contributed by atoms with E-state index in [2.05, 4.69) is 10.6 Å². The normalized spacial score (nSPS) is 31.6. The van der Waals surface area contributed by atoms with E-state index in [1.807, 2.05) is 45.0 Å². The minimum absolute atomic E-state index is 0.00287. The van der Waals surface area contributed by atoms with Crippen LogP contribution in [0.25, 0.3) is 0 Å². The molecule has 0 radical (unpaired) electrons. The van der Waals surface area contributed by atoms with Crippen LogP contribution >= 0.6 is 0 Å². The molecule has 5 rings (SSSR count). The van der Waals surface area contributed by atoms with Gasteiger partial charge in [-0.1, -0.05) is 36.8 Å². The summed E-state index contributed by atoms with van der Waals surface area (Å²) in [5.41, 5.74) is -0.348. The van der Waals surface area contributed by atoms with Crippen molar-refractivity contribution >= 4 is 11.8 Å². The molecule has 3 N–H and O–H groups in total. The molecular formula is C32H39F5N2O3. The van der Waals surface area contributed by atoms with Crippen molar-refractivity contribution in [3.05, 3.63) is 58.2 Å². The van der Waals surface area contributed by atoms with E-state index >= 15 is 0 Å². The maximum atomic E-state index is 14.8. The number of fused-ring (bicyclic) bond motifs is 4. The number of aliphatic hydroxyl groups is 1. The van der Waals surface area contributed by atoms with Gasteiger partial charge in [-0.3, -0.25) is 4.79 Å². The Morgan fingerprint density at radius 2 is 1.69 bits per heavy atom. The Balaban J connectivity index is 1.43. The third-order valence-electron chi connectivity index (χ3n) is 10.1. The lowest BCUT2D eigenvalue weighted by molar-refractivity contribution is -0.362. The Morgan fingerprint density at radius 1 is 1.02 bits per heavy atom. The highest BCUT2D eigenvalue weighted by atomic mass is 19.4. The van der Waals surface area contributed by atoms with E-state index in [1.165, 1.54) is 6.92 Å². The summed E-state index contributed by atoms with van der Waals surface area (Å²) in [5, 5.41) is 16.8. The number of allylic oxidation sites excluding steroid dienone is 4. The van der Waals surface area contributed by atoms with E-state index in [-0.39, 0.29) is 48.5 Å². The molecule has 0 bridgehead atoms. The van der Waals surface area contributed by atoms with Gasteiger partial charge in [-0.15, -0.1) is 0 Å². The molecule has 2 amide bonds. The number of hydrogen-bond donors (Lipinski definition) is 3. The molecule has 230 valence electrons. The molecule has 0 heterocycles. The summed E-state index contributed by atoms with van der Waals surface area (Å²) in [6.45, 7) is 7.39. The van der Waals surface area contributed by atoms with Crippen LogP contribution in [-0.4, -0.2) is 40.2 Å². The van der Waals surface area contributed by atoms with Crippen LogP contribution in [0.15, 0.2) is 47.1 Å². The third kappa shape index (κ3) is 4.97. The van der Waals surface area contributed by atoms with Gasteiger partial charge in [0.25, 0.3) is 0 Å². The number of urea groups is 1. The Morgan fingerprint density at radius 3 is 2.31 bits per heavy atom. The molecule has 42 heavy (non-hydrogen) atoms. The fraction of sp³-hybridized carbons (Fsp3) is 0.625. The Bertz CT molecular complexity index is 1330. The van der Waals surface area contributed by atoms with E-state index in [0.29, 0.717) is 25.8 Å². The zero-order valence-corrected chi connectivity index (χ0v) is 24.4. The van der Waals surface area contributed by atoms with Gasteiger partial charge in [0.2, 0.25) is 0 Å². The lowest BCUT2D eigenvalue weighted by Crippen LogP contribution is -2.64. The van der Waals surface area contributed by atoms with Gasteiger partial charge < -0.3 is 15.7 Å². The van der Waals surface area contributed by atoms with Gasteiger partial charge in [-0.25, -0.2) is 4.79 Å². The zero-order valence-electron chi connectivity index (χ0n) is 24.4. The van der Waals surface area contributed by atoms with Crippen molar-refractivity contribution in [3.63, 3.8) is 0 Å². The predicted octanol–water partition coefficient (Wildman–Crippen LogP) is 7.11. The van der Waals surface area contributed by atoms with Gasteiger partial charge in [-0.05, 0) is 99.5 Å². The van der Waals surface area contributed by atoms with Crippen molar-refractivity contribution in [2.75, 3.05) is 0 Å². The number of carbonyl (C=O) groups is 2. The number of hydrogen-bond acceptors (Lipinski definition) is 3. The number of benzene rings is 1. The third-order valence-corrected chi connectivity index (χ3v) is 10.1. The molecule has 1 aromatic carbocycles. The first-order valence-corrected chi connectivity index (χ1v) is 14.7. The van der Waals surface area contributed by atoms with Crippen LogP contribution in [0.4, 0.5) is 26.7 Å². The van der Waals surface area contributed by atoms with Gasteiger partial charge in [0.1, 0.15) is 5.60 Å². The molecular weight excluding hydrogens is 555 g/mol. The lowest BCUT2D eigenvalue weighted by atomic mass is 9.53. The molecule has 5 nitrogen and oxygen atoms in total. The first kappa shape index (κ1) is 30.7. The van der Waals surface area contributed by atoms with E-state index in [1.54, 1.807) is 6.08 Å². The van der Waals surface area contributed by atoms with Gasteiger partial charge in [0.15, 0.2) is 5.78 Å². The van der Waals surface area contributed by atoms with Crippen molar-refractivity contribution in [3.8, 4) is 0 Å².